The number of alkyl halides is 1. The maximum Gasteiger partial charge on any atom is 0.357 e. The summed E-state index contributed by atoms with van der Waals surface area (Å²) in [5, 5.41) is 3.45. The molecule has 0 aromatic carbocycles. The number of aromatic nitrogens is 6. The molecule has 1 fully saturated rings. The molecular weight excluding hydrogens is 634 g/mol. The van der Waals surface area contributed by atoms with Crippen LogP contribution in [0.2, 0.25) is 10.0 Å². The maximum absolute atomic E-state index is 15.5. The second-order valence-electron chi connectivity index (χ2n) is 10.4. The lowest BCUT2D eigenvalue weighted by atomic mass is 10.0. The molecule has 232 valence electrons. The van der Waals surface area contributed by atoms with Gasteiger partial charge in [0.2, 0.25) is 17.8 Å². The van der Waals surface area contributed by atoms with E-state index in [1.165, 1.54) is 12.3 Å². The number of amides is 1. The number of piperidine rings is 1. The summed E-state index contributed by atoms with van der Waals surface area (Å²) in [4.78, 5) is 56.3. The van der Waals surface area contributed by atoms with Crippen molar-refractivity contribution in [1.82, 2.24) is 35.2 Å². The van der Waals surface area contributed by atoms with E-state index >= 15 is 4.39 Å². The Balaban J connectivity index is 1.39. The highest BCUT2D eigenvalue weighted by Crippen LogP contribution is 2.35. The third kappa shape index (κ3) is 6.54. The molecule has 0 aliphatic carbocycles. The first-order chi connectivity index (χ1) is 20.9. The summed E-state index contributed by atoms with van der Waals surface area (Å²) >= 11 is 13.3. The molecule has 5 heterocycles. The summed E-state index contributed by atoms with van der Waals surface area (Å²) in [5.74, 6) is -0.400. The number of H-pyrrole nitrogens is 1. The molecule has 0 radical (unpaired) electrons. The number of rotatable bonds is 8. The number of esters is 1. The number of hydrogen-bond acceptors (Lipinski definition) is 12. The molecule has 1 saturated heterocycles. The Morgan fingerprint density at radius 2 is 1.75 bits per heavy atom. The molecular formula is C27H29Cl2FN10O3S. The Morgan fingerprint density at radius 3 is 2.39 bits per heavy atom. The van der Waals surface area contributed by atoms with Gasteiger partial charge in [0.05, 0.1) is 28.3 Å². The van der Waals surface area contributed by atoms with Crippen LogP contribution in [0.15, 0.2) is 24.5 Å². The molecule has 1 amide bonds. The fraction of sp³-hybridized carbons (Fsp3) is 0.370. The highest BCUT2D eigenvalue weighted by atomic mass is 35.5. The second kappa shape index (κ2) is 12.9. The third-order valence-corrected chi connectivity index (χ3v) is 8.75. The van der Waals surface area contributed by atoms with Gasteiger partial charge in [-0.1, -0.05) is 34.5 Å². The number of aromatic amines is 1. The number of nitrogens with one attached hydrogen (secondary N) is 2. The summed E-state index contributed by atoms with van der Waals surface area (Å²) in [6, 6.07) is 2.34. The van der Waals surface area contributed by atoms with Crippen molar-refractivity contribution in [3.63, 3.8) is 0 Å². The quantitative estimate of drug-likeness (QED) is 0.264. The highest BCUT2D eigenvalue weighted by Gasteiger charge is 2.34. The third-order valence-electron chi connectivity index (χ3n) is 6.71. The fourth-order valence-electron chi connectivity index (χ4n) is 4.41. The van der Waals surface area contributed by atoms with Crippen molar-refractivity contribution in [2.75, 3.05) is 56.0 Å². The molecule has 0 bridgehead atoms. The van der Waals surface area contributed by atoms with Crippen molar-refractivity contribution >= 4 is 63.4 Å². The highest BCUT2D eigenvalue weighted by molar-refractivity contribution is 7.18. The van der Waals surface area contributed by atoms with Gasteiger partial charge in [0.1, 0.15) is 22.4 Å². The van der Waals surface area contributed by atoms with E-state index in [0.717, 1.165) is 11.3 Å². The molecule has 13 nitrogen and oxygen atoms in total. The van der Waals surface area contributed by atoms with Gasteiger partial charge >= 0.3 is 5.97 Å². The van der Waals surface area contributed by atoms with Gasteiger partial charge in [-0.3, -0.25) is 4.79 Å². The van der Waals surface area contributed by atoms with Crippen LogP contribution in [0.5, 0.6) is 5.88 Å². The van der Waals surface area contributed by atoms with Crippen LogP contribution in [0, 0.1) is 6.92 Å². The van der Waals surface area contributed by atoms with Crippen molar-refractivity contribution < 1.29 is 18.7 Å². The number of carbonyl (C=O) groups is 2. The maximum atomic E-state index is 15.5. The topological polar surface area (TPSA) is 145 Å². The summed E-state index contributed by atoms with van der Waals surface area (Å²) in [6.45, 7) is 1.97. The average Bonchev–Trinajstić information content (AvgIpc) is 3.56. The van der Waals surface area contributed by atoms with E-state index in [0.29, 0.717) is 35.0 Å². The summed E-state index contributed by atoms with van der Waals surface area (Å²) in [6.07, 6.45) is 1.89. The molecule has 0 saturated carbocycles. The smallest absolute Gasteiger partial charge is 0.357 e. The average molecular weight is 664 g/mol. The number of halogens is 3. The molecule has 4 aromatic rings. The largest absolute Gasteiger partial charge is 0.403 e. The second-order valence-corrected chi connectivity index (χ2v) is 12.1. The zero-order valence-electron chi connectivity index (χ0n) is 24.4. The minimum Gasteiger partial charge on any atom is -0.403 e. The van der Waals surface area contributed by atoms with E-state index < -0.39 is 24.1 Å². The molecule has 5 rings (SSSR count). The number of anilines is 3. The Bertz CT molecular complexity index is 1700. The van der Waals surface area contributed by atoms with Crippen molar-refractivity contribution in [1.29, 1.82) is 0 Å². The van der Waals surface area contributed by atoms with Crippen molar-refractivity contribution in [3.8, 4) is 17.3 Å². The van der Waals surface area contributed by atoms with Crippen LogP contribution in [-0.4, -0.2) is 95.3 Å². The van der Waals surface area contributed by atoms with E-state index in [1.807, 2.05) is 0 Å². The summed E-state index contributed by atoms with van der Waals surface area (Å²) in [5.41, 5.74) is 1.29. The van der Waals surface area contributed by atoms with Crippen LogP contribution in [0.1, 0.15) is 32.3 Å². The van der Waals surface area contributed by atoms with Crippen LogP contribution in [0.25, 0.3) is 11.4 Å². The fourth-order valence-corrected chi connectivity index (χ4v) is 5.81. The van der Waals surface area contributed by atoms with Crippen LogP contribution >= 0.6 is 34.5 Å². The van der Waals surface area contributed by atoms with Gasteiger partial charge in [-0.2, -0.15) is 4.98 Å². The minimum absolute atomic E-state index is 0.0605. The van der Waals surface area contributed by atoms with Gasteiger partial charge in [0.15, 0.2) is 5.13 Å². The number of ether oxygens (including phenoxy) is 1. The molecule has 1 aliphatic rings. The SMILES string of the molecule is Cc1[nH]c(C(=O)N[C@@H]2CCN(c3nc(-c4ccnc(N(C)C)n4)c(C(=O)Oc4ccnc(N(C)C)n4)s3)C[C@@H]2F)c(Cl)c1Cl. The van der Waals surface area contributed by atoms with Crippen LogP contribution in [-0.2, 0) is 0 Å². The van der Waals surface area contributed by atoms with E-state index in [1.54, 1.807) is 62.1 Å². The van der Waals surface area contributed by atoms with Gasteiger partial charge < -0.3 is 29.7 Å². The van der Waals surface area contributed by atoms with Crippen LogP contribution < -0.4 is 24.8 Å². The van der Waals surface area contributed by atoms with Gasteiger partial charge in [0, 0.05) is 58.9 Å². The van der Waals surface area contributed by atoms with Gasteiger partial charge in [-0.05, 0) is 19.4 Å². The molecule has 0 unspecified atom stereocenters. The monoisotopic (exact) mass is 662 g/mol. The zero-order chi connectivity index (χ0) is 31.7. The normalized spacial score (nSPS) is 16.5. The van der Waals surface area contributed by atoms with Gasteiger partial charge in [-0.15, -0.1) is 0 Å². The molecule has 4 aromatic heterocycles. The lowest BCUT2D eigenvalue weighted by Gasteiger charge is -2.34. The lowest BCUT2D eigenvalue weighted by molar-refractivity contribution is 0.0732. The standard InChI is InChI=1S/C27H29Cl2FN10O3S/c1-13-18(28)19(29)21(33-13)23(41)34-15-8-11-40(12-14(15)30)27-37-20(16-6-9-31-25(35-16)38(2)3)22(44-27)24(42)43-17-7-10-32-26(36-17)39(4)5/h6-7,9-10,14-15,33H,8,11-12H2,1-5H3,(H,34,41)/t14-,15+/m0/s1. The number of nitrogens with zero attached hydrogens (tertiary/aromatic N) is 8. The Hall–Kier alpha value is -4.08. The first kappa shape index (κ1) is 31.3. The number of thiazole rings is 1. The van der Waals surface area contributed by atoms with E-state index in [2.05, 4.69) is 30.2 Å². The molecule has 2 N–H and O–H groups in total. The predicted octanol–water partition coefficient (Wildman–Crippen LogP) is 4.03. The van der Waals surface area contributed by atoms with Gasteiger partial charge in [0.25, 0.3) is 5.91 Å². The van der Waals surface area contributed by atoms with Gasteiger partial charge in [-0.25, -0.2) is 29.1 Å². The minimum atomic E-state index is -1.44. The number of hydrogen-bond donors (Lipinski definition) is 2. The summed E-state index contributed by atoms with van der Waals surface area (Å²) < 4.78 is 21.1. The number of carbonyl (C=O) groups excluding carboxylic acids is 2. The first-order valence-corrected chi connectivity index (χ1v) is 15.0. The molecule has 17 heteroatoms. The molecule has 2 atom stereocenters. The Labute approximate surface area is 266 Å². The zero-order valence-corrected chi connectivity index (χ0v) is 26.8. The molecule has 1 aliphatic heterocycles. The van der Waals surface area contributed by atoms with Crippen molar-refractivity contribution in [2.24, 2.45) is 0 Å². The number of aryl methyl sites for hydroxylation is 1. The van der Waals surface area contributed by atoms with Crippen LogP contribution in [0.4, 0.5) is 21.4 Å². The Morgan fingerprint density at radius 1 is 1.07 bits per heavy atom. The lowest BCUT2D eigenvalue weighted by Crippen LogP contribution is -2.52. The van der Waals surface area contributed by atoms with E-state index in [-0.39, 0.29) is 45.2 Å². The van der Waals surface area contributed by atoms with Crippen molar-refractivity contribution in [2.45, 2.75) is 25.6 Å². The first-order valence-electron chi connectivity index (χ1n) is 13.4. The molecule has 44 heavy (non-hydrogen) atoms. The Kier molecular flexibility index (Phi) is 9.18. The van der Waals surface area contributed by atoms with Crippen molar-refractivity contribution in [3.05, 3.63) is 50.8 Å². The molecule has 0 spiro atoms. The summed E-state index contributed by atoms with van der Waals surface area (Å²) in [7, 11) is 7.12. The van der Waals surface area contributed by atoms with E-state index in [9.17, 15) is 9.59 Å². The van der Waals surface area contributed by atoms with Crippen LogP contribution in [0.3, 0.4) is 0 Å². The van der Waals surface area contributed by atoms with E-state index in [4.69, 9.17) is 32.9 Å². The predicted molar refractivity (Wildman–Crippen MR) is 167 cm³/mol.